The lowest BCUT2D eigenvalue weighted by Gasteiger charge is -2.22. The third-order valence-electron chi connectivity index (χ3n) is 4.89. The summed E-state index contributed by atoms with van der Waals surface area (Å²) in [6.07, 6.45) is 6.97. The molecule has 1 saturated heterocycles. The smallest absolute Gasteiger partial charge is 0.198 e. The van der Waals surface area contributed by atoms with Crippen LogP contribution in [0.25, 0.3) is 10.9 Å². The number of fused-ring (bicyclic) bond motifs is 1. The zero-order valence-corrected chi connectivity index (χ0v) is 14.3. The van der Waals surface area contributed by atoms with Gasteiger partial charge in [-0.3, -0.25) is 4.99 Å². The third kappa shape index (κ3) is 3.38. The number of H-pyrrole nitrogens is 1. The second-order valence-electron chi connectivity index (χ2n) is 6.61. The topological polar surface area (TPSA) is 51.6 Å². The van der Waals surface area contributed by atoms with Gasteiger partial charge in [0.15, 0.2) is 5.88 Å². The van der Waals surface area contributed by atoms with Gasteiger partial charge in [-0.1, -0.05) is 31.0 Å². The summed E-state index contributed by atoms with van der Waals surface area (Å²) in [6.45, 7) is 2.29. The highest BCUT2D eigenvalue weighted by molar-refractivity contribution is 6.02. The first-order valence-corrected chi connectivity index (χ1v) is 9.00. The summed E-state index contributed by atoms with van der Waals surface area (Å²) in [6, 6.07) is 16.2. The highest BCUT2D eigenvalue weighted by Crippen LogP contribution is 2.27. The largest absolute Gasteiger partial charge is 0.494 e. The number of aromatic amines is 1. The molecule has 2 heterocycles. The standard InChI is InChI=1S/C21H23N3O/c25-21-19(18-7-3-4-8-20(18)23-21)15-22-16-9-11-17(12-10-16)24-13-5-1-2-6-14-24/h3-4,7-12,15,23,25H,1-2,5-6,13-14H2. The van der Waals surface area contributed by atoms with Gasteiger partial charge in [0.2, 0.25) is 0 Å². The van der Waals surface area contributed by atoms with Crippen LogP contribution in [0.15, 0.2) is 53.5 Å². The Bertz CT molecular complexity index is 872. The summed E-state index contributed by atoms with van der Waals surface area (Å²) in [4.78, 5) is 9.98. The van der Waals surface area contributed by atoms with Crippen molar-refractivity contribution in [1.29, 1.82) is 0 Å². The molecule has 0 atom stereocenters. The molecule has 4 nitrogen and oxygen atoms in total. The molecule has 0 spiro atoms. The maximum atomic E-state index is 10.1. The summed E-state index contributed by atoms with van der Waals surface area (Å²) in [5, 5.41) is 11.1. The van der Waals surface area contributed by atoms with E-state index in [0.717, 1.165) is 35.2 Å². The Morgan fingerprint density at radius 3 is 2.40 bits per heavy atom. The van der Waals surface area contributed by atoms with Crippen LogP contribution in [0.3, 0.4) is 0 Å². The van der Waals surface area contributed by atoms with Gasteiger partial charge in [-0.25, -0.2) is 0 Å². The van der Waals surface area contributed by atoms with E-state index in [1.165, 1.54) is 31.4 Å². The molecule has 3 aromatic rings. The Hall–Kier alpha value is -2.75. The van der Waals surface area contributed by atoms with E-state index in [1.807, 2.05) is 36.4 Å². The molecule has 4 heteroatoms. The van der Waals surface area contributed by atoms with Gasteiger partial charge in [0.1, 0.15) is 0 Å². The van der Waals surface area contributed by atoms with Gasteiger partial charge >= 0.3 is 0 Å². The van der Waals surface area contributed by atoms with Crippen LogP contribution < -0.4 is 4.90 Å². The molecule has 1 fully saturated rings. The molecule has 0 unspecified atom stereocenters. The Labute approximate surface area is 147 Å². The van der Waals surface area contributed by atoms with Gasteiger partial charge in [0, 0.05) is 35.9 Å². The Balaban J connectivity index is 1.54. The lowest BCUT2D eigenvalue weighted by Crippen LogP contribution is -2.23. The number of nitrogens with zero attached hydrogens (tertiary/aromatic N) is 2. The molecule has 0 saturated carbocycles. The van der Waals surface area contributed by atoms with Crippen molar-refractivity contribution in [1.82, 2.24) is 4.98 Å². The van der Waals surface area contributed by atoms with Crippen LogP contribution in [-0.4, -0.2) is 29.4 Å². The minimum Gasteiger partial charge on any atom is -0.494 e. The molecule has 0 amide bonds. The van der Waals surface area contributed by atoms with Gasteiger partial charge in [0.25, 0.3) is 0 Å². The van der Waals surface area contributed by atoms with E-state index in [-0.39, 0.29) is 5.88 Å². The van der Waals surface area contributed by atoms with E-state index in [0.29, 0.717) is 0 Å². The van der Waals surface area contributed by atoms with E-state index < -0.39 is 0 Å². The van der Waals surface area contributed by atoms with Crippen LogP contribution in [0.4, 0.5) is 11.4 Å². The highest BCUT2D eigenvalue weighted by atomic mass is 16.3. The van der Waals surface area contributed by atoms with E-state index in [9.17, 15) is 5.11 Å². The predicted molar refractivity (Wildman–Crippen MR) is 104 cm³/mol. The molecule has 2 aromatic carbocycles. The molecule has 0 aliphatic carbocycles. The Morgan fingerprint density at radius 1 is 0.920 bits per heavy atom. The minimum atomic E-state index is 0.158. The van der Waals surface area contributed by atoms with Gasteiger partial charge in [0.05, 0.1) is 11.3 Å². The van der Waals surface area contributed by atoms with Gasteiger partial charge in [-0.05, 0) is 43.2 Å². The average molecular weight is 333 g/mol. The van der Waals surface area contributed by atoms with Crippen LogP contribution in [0, 0.1) is 0 Å². The number of hydrogen-bond donors (Lipinski definition) is 2. The lowest BCUT2D eigenvalue weighted by atomic mass is 10.2. The van der Waals surface area contributed by atoms with Crippen molar-refractivity contribution in [3.8, 4) is 5.88 Å². The fraction of sp³-hybridized carbons (Fsp3) is 0.286. The quantitative estimate of drug-likeness (QED) is 0.662. The van der Waals surface area contributed by atoms with Crippen LogP contribution in [-0.2, 0) is 0 Å². The summed E-state index contributed by atoms with van der Waals surface area (Å²) >= 11 is 0. The number of rotatable bonds is 3. The molecule has 1 aliphatic rings. The first-order valence-electron chi connectivity index (χ1n) is 9.00. The Morgan fingerprint density at radius 2 is 1.64 bits per heavy atom. The van der Waals surface area contributed by atoms with E-state index in [4.69, 9.17) is 0 Å². The maximum Gasteiger partial charge on any atom is 0.198 e. The van der Waals surface area contributed by atoms with Crippen molar-refractivity contribution < 1.29 is 5.11 Å². The van der Waals surface area contributed by atoms with Crippen molar-refractivity contribution in [2.24, 2.45) is 4.99 Å². The van der Waals surface area contributed by atoms with Gasteiger partial charge < -0.3 is 15.0 Å². The summed E-state index contributed by atoms with van der Waals surface area (Å²) < 4.78 is 0. The van der Waals surface area contributed by atoms with Crippen LogP contribution in [0.2, 0.25) is 0 Å². The van der Waals surface area contributed by atoms with Crippen molar-refractivity contribution in [2.75, 3.05) is 18.0 Å². The van der Waals surface area contributed by atoms with Crippen molar-refractivity contribution in [3.63, 3.8) is 0 Å². The van der Waals surface area contributed by atoms with Crippen molar-refractivity contribution >= 4 is 28.5 Å². The number of nitrogens with one attached hydrogen (secondary N) is 1. The molecular formula is C21H23N3O. The zero-order valence-electron chi connectivity index (χ0n) is 14.3. The fourth-order valence-corrected chi connectivity index (χ4v) is 3.50. The number of anilines is 1. The first kappa shape index (κ1) is 15.8. The number of aromatic hydroxyl groups is 1. The number of aliphatic imine (C=N–C) groups is 1. The van der Waals surface area contributed by atoms with E-state index >= 15 is 0 Å². The van der Waals surface area contributed by atoms with E-state index in [1.54, 1.807) is 6.21 Å². The molecule has 0 bridgehead atoms. The zero-order chi connectivity index (χ0) is 17.1. The molecule has 1 aliphatic heterocycles. The average Bonchev–Trinajstić information content (AvgIpc) is 2.80. The molecule has 2 N–H and O–H groups in total. The number of benzene rings is 2. The highest BCUT2D eigenvalue weighted by Gasteiger charge is 2.10. The summed E-state index contributed by atoms with van der Waals surface area (Å²) in [5.74, 6) is 0.158. The SMILES string of the molecule is Oc1[nH]c2ccccc2c1C=Nc1ccc(N2CCCCCC2)cc1. The summed E-state index contributed by atoms with van der Waals surface area (Å²) in [7, 11) is 0. The second kappa shape index (κ2) is 7.01. The number of para-hydroxylation sites is 1. The predicted octanol–water partition coefficient (Wildman–Crippen LogP) is 5.00. The molecule has 4 rings (SSSR count). The fourth-order valence-electron chi connectivity index (χ4n) is 3.50. The maximum absolute atomic E-state index is 10.1. The molecule has 0 radical (unpaired) electrons. The number of hydrogen-bond acceptors (Lipinski definition) is 3. The van der Waals surface area contributed by atoms with Gasteiger partial charge in [-0.2, -0.15) is 0 Å². The summed E-state index contributed by atoms with van der Waals surface area (Å²) in [5.41, 5.74) is 3.81. The molecule has 128 valence electrons. The van der Waals surface area contributed by atoms with Crippen LogP contribution in [0.5, 0.6) is 5.88 Å². The Kier molecular flexibility index (Phi) is 4.42. The van der Waals surface area contributed by atoms with E-state index in [2.05, 4.69) is 27.0 Å². The third-order valence-corrected chi connectivity index (χ3v) is 4.89. The lowest BCUT2D eigenvalue weighted by molar-refractivity contribution is 0.457. The normalized spacial score (nSPS) is 15.8. The molecule has 1 aromatic heterocycles. The van der Waals surface area contributed by atoms with Crippen LogP contribution in [0.1, 0.15) is 31.2 Å². The molecule has 25 heavy (non-hydrogen) atoms. The van der Waals surface area contributed by atoms with Crippen molar-refractivity contribution in [3.05, 3.63) is 54.1 Å². The first-order chi connectivity index (χ1) is 12.3. The van der Waals surface area contributed by atoms with Crippen molar-refractivity contribution in [2.45, 2.75) is 25.7 Å². The molecular weight excluding hydrogens is 310 g/mol. The number of aromatic nitrogens is 1. The minimum absolute atomic E-state index is 0.158. The second-order valence-corrected chi connectivity index (χ2v) is 6.61. The monoisotopic (exact) mass is 333 g/mol. The van der Waals surface area contributed by atoms with Crippen LogP contribution >= 0.6 is 0 Å². The van der Waals surface area contributed by atoms with Gasteiger partial charge in [-0.15, -0.1) is 0 Å².